The second-order valence-corrected chi connectivity index (χ2v) is 5.11. The van der Waals surface area contributed by atoms with Gasteiger partial charge in [0.2, 0.25) is 0 Å². The average molecular weight is 227 g/mol. The van der Waals surface area contributed by atoms with Crippen molar-refractivity contribution >= 4 is 5.97 Å². The van der Waals surface area contributed by atoms with E-state index in [1.165, 1.54) is 32.1 Å². The van der Waals surface area contributed by atoms with Gasteiger partial charge < -0.3 is 10.1 Å². The van der Waals surface area contributed by atoms with Crippen LogP contribution in [0.15, 0.2) is 0 Å². The molecular weight excluding hydrogens is 202 g/mol. The molecule has 1 fully saturated rings. The largest absolute Gasteiger partial charge is 0.462 e. The van der Waals surface area contributed by atoms with Crippen LogP contribution in [0.4, 0.5) is 0 Å². The van der Waals surface area contributed by atoms with Crippen molar-refractivity contribution in [1.82, 2.24) is 5.32 Å². The van der Waals surface area contributed by atoms with Crippen molar-refractivity contribution in [1.29, 1.82) is 0 Å². The maximum absolute atomic E-state index is 11.4. The minimum absolute atomic E-state index is 0.0145. The fourth-order valence-corrected chi connectivity index (χ4v) is 2.35. The van der Waals surface area contributed by atoms with Gasteiger partial charge in [-0.25, -0.2) is 0 Å². The Kier molecular flexibility index (Phi) is 5.81. The molecule has 1 saturated carbocycles. The third-order valence-corrected chi connectivity index (χ3v) is 3.29. The minimum Gasteiger partial charge on any atom is -0.462 e. The summed E-state index contributed by atoms with van der Waals surface area (Å²) in [5.41, 5.74) is 0. The molecule has 0 aromatic rings. The molecule has 0 saturated heterocycles. The number of hydrogen-bond donors (Lipinski definition) is 1. The Morgan fingerprint density at radius 1 is 1.25 bits per heavy atom. The maximum atomic E-state index is 11.4. The molecule has 1 aliphatic carbocycles. The summed E-state index contributed by atoms with van der Waals surface area (Å²) in [5.74, 6) is 0.596. The number of nitrogens with one attached hydrogen (secondary N) is 1. The van der Waals surface area contributed by atoms with Gasteiger partial charge in [0.15, 0.2) is 0 Å². The Morgan fingerprint density at radius 3 is 2.44 bits per heavy atom. The average Bonchev–Trinajstić information content (AvgIpc) is 2.26. The van der Waals surface area contributed by atoms with Crippen LogP contribution in [-0.2, 0) is 9.53 Å². The Bertz CT molecular complexity index is 210. The number of rotatable bonds is 5. The van der Waals surface area contributed by atoms with Gasteiger partial charge in [-0.3, -0.25) is 4.79 Å². The Morgan fingerprint density at radius 2 is 1.88 bits per heavy atom. The fraction of sp³-hybridized carbons (Fsp3) is 0.923. The molecule has 94 valence electrons. The fourth-order valence-electron chi connectivity index (χ4n) is 2.35. The third-order valence-electron chi connectivity index (χ3n) is 3.29. The first-order chi connectivity index (χ1) is 7.59. The van der Waals surface area contributed by atoms with Gasteiger partial charge >= 0.3 is 5.97 Å². The van der Waals surface area contributed by atoms with E-state index in [4.69, 9.17) is 4.74 Å². The van der Waals surface area contributed by atoms with Gasteiger partial charge in [-0.2, -0.15) is 0 Å². The van der Waals surface area contributed by atoms with E-state index in [1.54, 1.807) is 0 Å². The van der Waals surface area contributed by atoms with Crippen molar-refractivity contribution in [2.45, 2.75) is 65.0 Å². The molecule has 0 aliphatic heterocycles. The highest BCUT2D eigenvalue weighted by Gasteiger charge is 2.20. The van der Waals surface area contributed by atoms with Crippen molar-refractivity contribution < 1.29 is 9.53 Å². The van der Waals surface area contributed by atoms with E-state index in [0.717, 1.165) is 5.92 Å². The normalized spacial score (nSPS) is 19.8. The summed E-state index contributed by atoms with van der Waals surface area (Å²) in [7, 11) is 0. The first kappa shape index (κ1) is 13.5. The first-order valence-corrected chi connectivity index (χ1v) is 6.52. The summed E-state index contributed by atoms with van der Waals surface area (Å²) in [4.78, 5) is 11.4. The van der Waals surface area contributed by atoms with Crippen LogP contribution >= 0.6 is 0 Å². The molecule has 0 heterocycles. The number of hydrogen-bond acceptors (Lipinski definition) is 3. The molecule has 1 atom stereocenters. The van der Waals surface area contributed by atoms with E-state index in [-0.39, 0.29) is 12.1 Å². The van der Waals surface area contributed by atoms with Crippen molar-refractivity contribution in [3.63, 3.8) is 0 Å². The van der Waals surface area contributed by atoms with Crippen molar-refractivity contribution in [2.24, 2.45) is 5.92 Å². The highest BCUT2D eigenvalue weighted by molar-refractivity contribution is 5.71. The molecular formula is C13H25NO2. The molecule has 1 N–H and O–H groups in total. The van der Waals surface area contributed by atoms with Crippen LogP contribution in [0.1, 0.15) is 52.9 Å². The summed E-state index contributed by atoms with van der Waals surface area (Å²) in [6, 6.07) is 0.431. The van der Waals surface area contributed by atoms with Crippen LogP contribution < -0.4 is 5.32 Å². The van der Waals surface area contributed by atoms with Crippen LogP contribution in [0.3, 0.4) is 0 Å². The summed E-state index contributed by atoms with van der Waals surface area (Å²) in [6.45, 7) is 6.28. The molecule has 0 spiro atoms. The van der Waals surface area contributed by atoms with Gasteiger partial charge in [0, 0.05) is 6.04 Å². The zero-order chi connectivity index (χ0) is 12.0. The van der Waals surface area contributed by atoms with Crippen LogP contribution in [0, 0.1) is 5.92 Å². The molecule has 0 unspecified atom stereocenters. The Balaban J connectivity index is 2.18. The molecule has 3 nitrogen and oxygen atoms in total. The standard InChI is InChI=1S/C13H25NO2/c1-10(2)16-13(15)9-14-11(3)12-7-5-4-6-8-12/h10-12,14H,4-9H2,1-3H3/t11-/m0/s1. The molecule has 0 aromatic carbocycles. The number of esters is 1. The highest BCUT2D eigenvalue weighted by Crippen LogP contribution is 2.26. The summed E-state index contributed by atoms with van der Waals surface area (Å²) >= 11 is 0. The van der Waals surface area contributed by atoms with Crippen LogP contribution in [0.5, 0.6) is 0 Å². The van der Waals surface area contributed by atoms with Gasteiger partial charge in [0.1, 0.15) is 0 Å². The lowest BCUT2D eigenvalue weighted by atomic mass is 9.84. The molecule has 1 rings (SSSR count). The Labute approximate surface area is 98.9 Å². The van der Waals surface area contributed by atoms with Crippen molar-refractivity contribution in [3.05, 3.63) is 0 Å². The van der Waals surface area contributed by atoms with Crippen LogP contribution in [0.2, 0.25) is 0 Å². The quantitative estimate of drug-likeness (QED) is 0.733. The van der Waals surface area contributed by atoms with Gasteiger partial charge in [-0.05, 0) is 39.5 Å². The molecule has 3 heteroatoms. The lowest BCUT2D eigenvalue weighted by Gasteiger charge is -2.28. The zero-order valence-electron chi connectivity index (χ0n) is 10.8. The summed E-state index contributed by atoms with van der Waals surface area (Å²) in [5, 5.41) is 3.28. The highest BCUT2D eigenvalue weighted by atomic mass is 16.5. The van der Waals surface area contributed by atoms with Gasteiger partial charge in [-0.1, -0.05) is 19.3 Å². The predicted molar refractivity (Wildman–Crippen MR) is 65.3 cm³/mol. The lowest BCUT2D eigenvalue weighted by Crippen LogP contribution is -2.38. The zero-order valence-corrected chi connectivity index (χ0v) is 10.8. The first-order valence-electron chi connectivity index (χ1n) is 6.52. The molecule has 16 heavy (non-hydrogen) atoms. The number of carbonyl (C=O) groups excluding carboxylic acids is 1. The molecule has 0 bridgehead atoms. The second-order valence-electron chi connectivity index (χ2n) is 5.11. The van der Waals surface area contributed by atoms with Gasteiger partial charge in [-0.15, -0.1) is 0 Å². The van der Waals surface area contributed by atoms with E-state index in [0.29, 0.717) is 12.6 Å². The number of carbonyl (C=O) groups is 1. The third kappa shape index (κ3) is 4.97. The van der Waals surface area contributed by atoms with E-state index >= 15 is 0 Å². The van der Waals surface area contributed by atoms with E-state index in [2.05, 4.69) is 12.2 Å². The molecule has 0 radical (unpaired) electrons. The van der Waals surface area contributed by atoms with Crippen molar-refractivity contribution in [2.75, 3.05) is 6.54 Å². The monoisotopic (exact) mass is 227 g/mol. The van der Waals surface area contributed by atoms with Crippen LogP contribution in [-0.4, -0.2) is 24.7 Å². The molecule has 0 amide bonds. The summed E-state index contributed by atoms with van der Waals surface area (Å²) in [6.07, 6.45) is 6.64. The van der Waals surface area contributed by atoms with Gasteiger partial charge in [0.05, 0.1) is 12.6 Å². The summed E-state index contributed by atoms with van der Waals surface area (Å²) < 4.78 is 5.09. The Hall–Kier alpha value is -0.570. The van der Waals surface area contributed by atoms with Gasteiger partial charge in [0.25, 0.3) is 0 Å². The smallest absolute Gasteiger partial charge is 0.320 e. The van der Waals surface area contributed by atoms with Crippen LogP contribution in [0.25, 0.3) is 0 Å². The van der Waals surface area contributed by atoms with E-state index in [1.807, 2.05) is 13.8 Å². The molecule has 1 aliphatic rings. The lowest BCUT2D eigenvalue weighted by molar-refractivity contribution is -0.146. The molecule has 0 aromatic heterocycles. The van der Waals surface area contributed by atoms with E-state index in [9.17, 15) is 4.79 Å². The topological polar surface area (TPSA) is 38.3 Å². The van der Waals surface area contributed by atoms with E-state index < -0.39 is 0 Å². The number of ether oxygens (including phenoxy) is 1. The minimum atomic E-state index is -0.141. The SMILES string of the molecule is CC(C)OC(=O)CN[C@@H](C)C1CCCCC1. The predicted octanol–water partition coefficient (Wildman–Crippen LogP) is 2.50. The second kappa shape index (κ2) is 6.89. The maximum Gasteiger partial charge on any atom is 0.320 e. The van der Waals surface area contributed by atoms with Crippen molar-refractivity contribution in [3.8, 4) is 0 Å².